The summed E-state index contributed by atoms with van der Waals surface area (Å²) in [6.45, 7) is 1.88. The summed E-state index contributed by atoms with van der Waals surface area (Å²) in [5.41, 5.74) is 1.80. The molecule has 0 amide bonds. The third kappa shape index (κ3) is 2.76. The quantitative estimate of drug-likeness (QED) is 0.923. The van der Waals surface area contributed by atoms with E-state index in [1.54, 1.807) is 11.7 Å². The first-order valence-corrected chi connectivity index (χ1v) is 7.04. The lowest BCUT2D eigenvalue weighted by atomic mass is 10.0. The molecule has 1 aromatic carbocycles. The van der Waals surface area contributed by atoms with Crippen molar-refractivity contribution in [1.82, 2.24) is 15.1 Å². The Morgan fingerprint density at radius 1 is 1.35 bits per heavy atom. The lowest BCUT2D eigenvalue weighted by Crippen LogP contribution is -2.22. The predicted octanol–water partition coefficient (Wildman–Crippen LogP) is 3.27. The van der Waals surface area contributed by atoms with Crippen molar-refractivity contribution in [2.75, 3.05) is 7.05 Å². The van der Waals surface area contributed by atoms with Crippen molar-refractivity contribution in [2.45, 2.75) is 19.4 Å². The largest absolute Gasteiger partial charge is 0.312 e. The molecule has 0 aliphatic rings. The highest BCUT2D eigenvalue weighted by Crippen LogP contribution is 2.28. The molecule has 1 heterocycles. The zero-order valence-electron chi connectivity index (χ0n) is 11.5. The number of likely N-dealkylation sites (N-methyl/N-ethyl adjacent to an activating group) is 1. The molecule has 0 radical (unpaired) electrons. The van der Waals surface area contributed by atoms with Crippen molar-refractivity contribution in [1.29, 1.82) is 0 Å². The molecule has 1 aromatic heterocycles. The molecule has 0 saturated carbocycles. The van der Waals surface area contributed by atoms with E-state index in [4.69, 9.17) is 0 Å². The summed E-state index contributed by atoms with van der Waals surface area (Å²) in [6, 6.07) is 3.45. The van der Waals surface area contributed by atoms with Crippen molar-refractivity contribution in [3.05, 3.63) is 51.3 Å². The Kier molecular flexibility index (Phi) is 4.55. The third-order valence-corrected chi connectivity index (χ3v) is 4.39. The minimum absolute atomic E-state index is 0.0563. The zero-order chi connectivity index (χ0) is 14.9. The van der Waals surface area contributed by atoms with E-state index in [2.05, 4.69) is 26.3 Å². The maximum Gasteiger partial charge on any atom is 0.130 e. The lowest BCUT2D eigenvalue weighted by Gasteiger charge is -2.18. The highest BCUT2D eigenvalue weighted by atomic mass is 79.9. The summed E-state index contributed by atoms with van der Waals surface area (Å²) in [4.78, 5) is 0. The maximum absolute atomic E-state index is 13.9. The molecule has 0 fully saturated rings. The van der Waals surface area contributed by atoms with Gasteiger partial charge < -0.3 is 5.32 Å². The fourth-order valence-corrected chi connectivity index (χ4v) is 2.79. The molecule has 0 bridgehead atoms. The number of halogens is 3. The van der Waals surface area contributed by atoms with E-state index in [0.717, 1.165) is 15.9 Å². The number of aromatic nitrogens is 2. The van der Waals surface area contributed by atoms with E-state index in [1.165, 1.54) is 18.2 Å². The molecule has 0 spiro atoms. The van der Waals surface area contributed by atoms with Crippen LogP contribution in [0.5, 0.6) is 0 Å². The topological polar surface area (TPSA) is 29.9 Å². The average Bonchev–Trinajstić information content (AvgIpc) is 2.63. The Bertz CT molecular complexity index is 605. The van der Waals surface area contributed by atoms with Crippen LogP contribution in [0.3, 0.4) is 0 Å². The summed E-state index contributed by atoms with van der Waals surface area (Å²) < 4.78 is 30.4. The van der Waals surface area contributed by atoms with Gasteiger partial charge in [0.05, 0.1) is 15.9 Å². The molecule has 0 aliphatic heterocycles. The minimum Gasteiger partial charge on any atom is -0.312 e. The van der Waals surface area contributed by atoms with Gasteiger partial charge in [0.2, 0.25) is 0 Å². The monoisotopic (exact) mass is 343 g/mol. The first kappa shape index (κ1) is 15.1. The number of benzene rings is 1. The number of nitrogens with one attached hydrogen (secondary N) is 1. The van der Waals surface area contributed by atoms with Gasteiger partial charge in [0.15, 0.2) is 0 Å². The van der Waals surface area contributed by atoms with Crippen LogP contribution in [0.4, 0.5) is 8.78 Å². The van der Waals surface area contributed by atoms with Crippen molar-refractivity contribution < 1.29 is 8.78 Å². The van der Waals surface area contributed by atoms with Crippen LogP contribution in [0.1, 0.15) is 23.0 Å². The van der Waals surface area contributed by atoms with Crippen molar-refractivity contribution in [3.63, 3.8) is 0 Å². The van der Waals surface area contributed by atoms with Gasteiger partial charge in [0, 0.05) is 25.1 Å². The Morgan fingerprint density at radius 3 is 2.40 bits per heavy atom. The van der Waals surface area contributed by atoms with Gasteiger partial charge in [-0.2, -0.15) is 5.10 Å². The minimum atomic E-state index is -0.542. The second kappa shape index (κ2) is 6.01. The Balaban J connectivity index is 2.39. The van der Waals surface area contributed by atoms with Gasteiger partial charge in [0.25, 0.3) is 0 Å². The second-order valence-corrected chi connectivity index (χ2v) is 5.44. The van der Waals surface area contributed by atoms with E-state index < -0.39 is 17.7 Å². The summed E-state index contributed by atoms with van der Waals surface area (Å²) >= 11 is 3.47. The first-order chi connectivity index (χ1) is 9.45. The van der Waals surface area contributed by atoms with Crippen molar-refractivity contribution in [2.24, 2.45) is 7.05 Å². The zero-order valence-corrected chi connectivity index (χ0v) is 13.1. The lowest BCUT2D eigenvalue weighted by molar-refractivity contribution is 0.480. The normalized spacial score (nSPS) is 12.7. The highest BCUT2D eigenvalue weighted by molar-refractivity contribution is 9.10. The van der Waals surface area contributed by atoms with Crippen LogP contribution < -0.4 is 5.32 Å². The van der Waals surface area contributed by atoms with E-state index in [-0.39, 0.29) is 5.56 Å². The summed E-state index contributed by atoms with van der Waals surface area (Å²) in [5.74, 6) is -1.08. The van der Waals surface area contributed by atoms with Crippen molar-refractivity contribution >= 4 is 15.9 Å². The molecule has 2 aromatic rings. The Hall–Kier alpha value is -1.27. The average molecular weight is 344 g/mol. The van der Waals surface area contributed by atoms with Crippen LogP contribution in [-0.2, 0) is 13.5 Å². The van der Waals surface area contributed by atoms with Crippen LogP contribution in [0.15, 0.2) is 22.7 Å². The molecular formula is C14H16BrF2N3. The smallest absolute Gasteiger partial charge is 0.130 e. The second-order valence-electron chi connectivity index (χ2n) is 4.65. The molecule has 1 unspecified atom stereocenters. The molecule has 0 saturated heterocycles. The fourth-order valence-electron chi connectivity index (χ4n) is 2.29. The fraction of sp³-hybridized carbons (Fsp3) is 0.357. The van der Waals surface area contributed by atoms with Gasteiger partial charge in [-0.3, -0.25) is 4.68 Å². The van der Waals surface area contributed by atoms with Gasteiger partial charge in [-0.25, -0.2) is 8.78 Å². The summed E-state index contributed by atoms with van der Waals surface area (Å²) in [5, 5.41) is 7.26. The molecule has 20 heavy (non-hydrogen) atoms. The van der Waals surface area contributed by atoms with Gasteiger partial charge in [-0.15, -0.1) is 0 Å². The summed E-state index contributed by atoms with van der Waals surface area (Å²) in [7, 11) is 3.51. The molecule has 0 aliphatic carbocycles. The number of rotatable bonds is 4. The van der Waals surface area contributed by atoms with E-state index in [0.29, 0.717) is 6.42 Å². The van der Waals surface area contributed by atoms with Gasteiger partial charge >= 0.3 is 0 Å². The molecule has 1 N–H and O–H groups in total. The number of hydrogen-bond acceptors (Lipinski definition) is 2. The van der Waals surface area contributed by atoms with Crippen LogP contribution >= 0.6 is 15.9 Å². The van der Waals surface area contributed by atoms with Crippen molar-refractivity contribution in [3.8, 4) is 0 Å². The summed E-state index contributed by atoms with van der Waals surface area (Å²) in [6.07, 6.45) is 0.437. The van der Waals surface area contributed by atoms with Gasteiger partial charge in [0.1, 0.15) is 11.6 Å². The molecule has 1 atom stereocenters. The van der Waals surface area contributed by atoms with E-state index in [1.807, 2.05) is 14.0 Å². The predicted molar refractivity (Wildman–Crippen MR) is 77.5 cm³/mol. The van der Waals surface area contributed by atoms with Crippen LogP contribution in [0.25, 0.3) is 0 Å². The standard InChI is InChI=1S/C14H16BrF2N3/c1-8-14(15)12(20(3)19-8)7-11(18-2)13-9(16)5-4-6-10(13)17/h4-6,11,18H,7H2,1-3H3. The van der Waals surface area contributed by atoms with Crippen LogP contribution in [-0.4, -0.2) is 16.8 Å². The van der Waals surface area contributed by atoms with E-state index in [9.17, 15) is 8.78 Å². The van der Waals surface area contributed by atoms with Gasteiger partial charge in [-0.1, -0.05) is 6.07 Å². The highest BCUT2D eigenvalue weighted by Gasteiger charge is 2.22. The van der Waals surface area contributed by atoms with E-state index >= 15 is 0 Å². The van der Waals surface area contributed by atoms with Crippen LogP contribution in [0, 0.1) is 18.6 Å². The Labute approximate surface area is 125 Å². The first-order valence-electron chi connectivity index (χ1n) is 6.24. The van der Waals surface area contributed by atoms with Crippen LogP contribution in [0.2, 0.25) is 0 Å². The number of hydrogen-bond donors (Lipinski definition) is 1. The van der Waals surface area contributed by atoms with Gasteiger partial charge in [-0.05, 0) is 42.0 Å². The number of aryl methyl sites for hydroxylation is 2. The molecular weight excluding hydrogens is 328 g/mol. The molecule has 108 valence electrons. The molecule has 3 nitrogen and oxygen atoms in total. The molecule has 6 heteroatoms. The third-order valence-electron chi connectivity index (χ3n) is 3.36. The Morgan fingerprint density at radius 2 is 1.95 bits per heavy atom. The molecule has 2 rings (SSSR count). The SMILES string of the molecule is CNC(Cc1c(Br)c(C)nn1C)c1c(F)cccc1F. The number of nitrogens with zero attached hydrogens (tertiary/aromatic N) is 2. The maximum atomic E-state index is 13.9.